The first-order chi connectivity index (χ1) is 13.5. The fraction of sp³-hybridized carbons (Fsp3) is 0.316. The lowest BCUT2D eigenvalue weighted by Gasteiger charge is -2.31. The van der Waals surface area contributed by atoms with Gasteiger partial charge in [-0.1, -0.05) is 11.6 Å². The van der Waals surface area contributed by atoms with Gasteiger partial charge in [0.1, 0.15) is 16.5 Å². The first kappa shape index (κ1) is 18.4. The quantitative estimate of drug-likeness (QED) is 0.729. The maximum atomic E-state index is 12.6. The van der Waals surface area contributed by atoms with Crippen molar-refractivity contribution in [2.24, 2.45) is 7.05 Å². The van der Waals surface area contributed by atoms with Gasteiger partial charge in [0.2, 0.25) is 0 Å². The molecule has 0 bridgehead atoms. The summed E-state index contributed by atoms with van der Waals surface area (Å²) >= 11 is 6.27. The third-order valence-corrected chi connectivity index (χ3v) is 5.30. The highest BCUT2D eigenvalue weighted by atomic mass is 35.5. The van der Waals surface area contributed by atoms with Crippen LogP contribution in [0.25, 0.3) is 11.4 Å². The van der Waals surface area contributed by atoms with E-state index < -0.39 is 0 Å². The Hall–Kier alpha value is -3.00. The van der Waals surface area contributed by atoms with Gasteiger partial charge in [-0.25, -0.2) is 9.97 Å². The molecule has 1 N–H and O–H groups in total. The molecule has 1 aliphatic rings. The van der Waals surface area contributed by atoms with Crippen molar-refractivity contribution >= 4 is 17.5 Å². The third-order valence-electron chi connectivity index (χ3n) is 4.94. The van der Waals surface area contributed by atoms with E-state index in [2.05, 4.69) is 19.9 Å². The summed E-state index contributed by atoms with van der Waals surface area (Å²) in [5.74, 6) is 0.406. The summed E-state index contributed by atoms with van der Waals surface area (Å²) in [4.78, 5) is 42.1. The number of hydrogen-bond acceptors (Lipinski definition) is 5. The Morgan fingerprint density at radius 1 is 1.25 bits per heavy atom. The lowest BCUT2D eigenvalue weighted by atomic mass is 9.93. The van der Waals surface area contributed by atoms with Crippen LogP contribution in [0.3, 0.4) is 0 Å². The maximum Gasteiger partial charge on any atom is 0.274 e. The lowest BCUT2D eigenvalue weighted by molar-refractivity contribution is 0.0706. The number of aryl methyl sites for hydroxylation is 1. The Morgan fingerprint density at radius 2 is 1.96 bits per heavy atom. The first-order valence-corrected chi connectivity index (χ1v) is 9.38. The van der Waals surface area contributed by atoms with Gasteiger partial charge in [0.25, 0.3) is 11.5 Å². The smallest absolute Gasteiger partial charge is 0.274 e. The van der Waals surface area contributed by atoms with Gasteiger partial charge in [0, 0.05) is 50.2 Å². The number of likely N-dealkylation sites (tertiary alicyclic amines) is 1. The Morgan fingerprint density at radius 3 is 2.61 bits per heavy atom. The second kappa shape index (κ2) is 7.55. The summed E-state index contributed by atoms with van der Waals surface area (Å²) in [5.41, 5.74) is 1.44. The monoisotopic (exact) mass is 398 g/mol. The number of pyridine rings is 1. The fourth-order valence-corrected chi connectivity index (χ4v) is 3.68. The van der Waals surface area contributed by atoms with Gasteiger partial charge in [-0.15, -0.1) is 0 Å². The van der Waals surface area contributed by atoms with Crippen LogP contribution in [0.4, 0.5) is 0 Å². The number of hydrogen-bond donors (Lipinski definition) is 1. The number of nitrogens with one attached hydrogen (secondary N) is 1. The Bertz CT molecular complexity index is 1050. The van der Waals surface area contributed by atoms with Gasteiger partial charge < -0.3 is 14.5 Å². The standard InChI is InChI=1S/C19H19ClN6O2/c1-25-10-14(22-11-25)19(28)26-8-4-12(5-9-26)16-15(20)18(27)24-17(23-16)13-2-6-21-7-3-13/h2-3,6-7,10-12H,4-5,8-9H2,1H3,(H,23,24,27). The maximum absolute atomic E-state index is 12.6. The third kappa shape index (κ3) is 3.55. The molecule has 0 unspecified atom stereocenters. The van der Waals surface area contributed by atoms with Crippen LogP contribution in [0.1, 0.15) is 34.9 Å². The molecule has 0 radical (unpaired) electrons. The molecule has 1 aliphatic heterocycles. The van der Waals surface area contributed by atoms with Crippen molar-refractivity contribution in [2.45, 2.75) is 18.8 Å². The Labute approximate surface area is 166 Å². The second-order valence-electron chi connectivity index (χ2n) is 6.84. The number of nitrogens with zero attached hydrogens (tertiary/aromatic N) is 5. The molecule has 0 aromatic carbocycles. The van der Waals surface area contributed by atoms with E-state index in [9.17, 15) is 9.59 Å². The number of amides is 1. The summed E-state index contributed by atoms with van der Waals surface area (Å²) < 4.78 is 1.75. The molecule has 0 aliphatic carbocycles. The van der Waals surface area contributed by atoms with Crippen molar-refractivity contribution in [1.82, 2.24) is 29.4 Å². The zero-order valence-corrected chi connectivity index (χ0v) is 16.1. The average Bonchev–Trinajstić information content (AvgIpc) is 3.16. The minimum absolute atomic E-state index is 0.0168. The number of piperidine rings is 1. The van der Waals surface area contributed by atoms with Crippen LogP contribution >= 0.6 is 11.6 Å². The van der Waals surface area contributed by atoms with Crippen LogP contribution in [0.5, 0.6) is 0 Å². The molecule has 4 rings (SSSR count). The van der Waals surface area contributed by atoms with Crippen LogP contribution in [0.15, 0.2) is 41.8 Å². The van der Waals surface area contributed by atoms with Crippen LogP contribution in [0, 0.1) is 0 Å². The summed E-state index contributed by atoms with van der Waals surface area (Å²) in [5, 5.41) is 0.118. The number of aromatic nitrogens is 5. The van der Waals surface area contributed by atoms with E-state index in [1.54, 1.807) is 46.5 Å². The minimum atomic E-state index is -0.356. The molecular weight excluding hydrogens is 380 g/mol. The summed E-state index contributed by atoms with van der Waals surface area (Å²) in [6.07, 6.45) is 7.98. The molecule has 144 valence electrons. The zero-order chi connectivity index (χ0) is 19.7. The highest BCUT2D eigenvalue weighted by molar-refractivity contribution is 6.31. The molecular formula is C19H19ClN6O2. The molecule has 0 atom stereocenters. The van der Waals surface area contributed by atoms with Crippen molar-refractivity contribution in [1.29, 1.82) is 0 Å². The Balaban J connectivity index is 1.54. The van der Waals surface area contributed by atoms with Crippen molar-refractivity contribution in [3.8, 4) is 11.4 Å². The van der Waals surface area contributed by atoms with Crippen LogP contribution in [0.2, 0.25) is 5.02 Å². The molecule has 3 aromatic heterocycles. The highest BCUT2D eigenvalue weighted by Crippen LogP contribution is 2.31. The molecule has 9 heteroatoms. The molecule has 28 heavy (non-hydrogen) atoms. The fourth-order valence-electron chi connectivity index (χ4n) is 3.43. The molecule has 1 amide bonds. The van der Waals surface area contributed by atoms with Crippen molar-refractivity contribution in [2.75, 3.05) is 13.1 Å². The molecule has 0 spiro atoms. The second-order valence-corrected chi connectivity index (χ2v) is 7.22. The Kier molecular flexibility index (Phi) is 4.95. The van der Waals surface area contributed by atoms with Gasteiger partial charge >= 0.3 is 0 Å². The van der Waals surface area contributed by atoms with Crippen molar-refractivity contribution < 1.29 is 4.79 Å². The zero-order valence-electron chi connectivity index (χ0n) is 15.3. The summed E-state index contributed by atoms with van der Waals surface area (Å²) in [6, 6.07) is 3.56. The number of carbonyl (C=O) groups excluding carboxylic acids is 1. The average molecular weight is 399 g/mol. The van der Waals surface area contributed by atoms with Crippen LogP contribution < -0.4 is 5.56 Å². The van der Waals surface area contributed by atoms with Gasteiger partial charge in [-0.2, -0.15) is 0 Å². The van der Waals surface area contributed by atoms with Crippen molar-refractivity contribution in [3.63, 3.8) is 0 Å². The molecule has 3 aromatic rings. The van der Waals surface area contributed by atoms with Crippen LogP contribution in [-0.4, -0.2) is 48.4 Å². The number of H-pyrrole nitrogens is 1. The normalized spacial score (nSPS) is 15.0. The molecule has 8 nitrogen and oxygen atoms in total. The largest absolute Gasteiger partial charge is 0.340 e. The summed E-state index contributed by atoms with van der Waals surface area (Å²) in [6.45, 7) is 1.13. The summed E-state index contributed by atoms with van der Waals surface area (Å²) in [7, 11) is 1.83. The van der Waals surface area contributed by atoms with E-state index >= 15 is 0 Å². The molecule has 1 saturated heterocycles. The van der Waals surface area contributed by atoms with Gasteiger partial charge in [0.15, 0.2) is 0 Å². The van der Waals surface area contributed by atoms with E-state index in [4.69, 9.17) is 11.6 Å². The van der Waals surface area contributed by atoms with E-state index in [-0.39, 0.29) is 22.4 Å². The van der Waals surface area contributed by atoms with Gasteiger partial charge in [-0.05, 0) is 25.0 Å². The van der Waals surface area contributed by atoms with Crippen LogP contribution in [-0.2, 0) is 7.05 Å². The highest BCUT2D eigenvalue weighted by Gasteiger charge is 2.28. The minimum Gasteiger partial charge on any atom is -0.340 e. The predicted molar refractivity (Wildman–Crippen MR) is 104 cm³/mol. The molecule has 4 heterocycles. The topological polar surface area (TPSA) is 96.8 Å². The number of carbonyl (C=O) groups is 1. The predicted octanol–water partition coefficient (Wildman–Crippen LogP) is 2.24. The SMILES string of the molecule is Cn1cnc(C(=O)N2CCC(c3nc(-c4ccncc4)[nH]c(=O)c3Cl)CC2)c1. The lowest BCUT2D eigenvalue weighted by Crippen LogP contribution is -2.38. The van der Waals surface area contributed by atoms with Crippen molar-refractivity contribution in [3.05, 3.63) is 63.8 Å². The first-order valence-electron chi connectivity index (χ1n) is 9.00. The van der Waals surface area contributed by atoms with Gasteiger partial charge in [-0.3, -0.25) is 14.6 Å². The van der Waals surface area contributed by atoms with E-state index in [1.165, 1.54) is 0 Å². The number of rotatable bonds is 3. The molecule has 1 fully saturated rings. The van der Waals surface area contributed by atoms with E-state index in [0.29, 0.717) is 43.1 Å². The number of halogens is 1. The number of aromatic amines is 1. The van der Waals surface area contributed by atoms with E-state index in [0.717, 1.165) is 5.56 Å². The van der Waals surface area contributed by atoms with Gasteiger partial charge in [0.05, 0.1) is 12.0 Å². The van der Waals surface area contributed by atoms with E-state index in [1.807, 2.05) is 7.05 Å². The number of imidazole rings is 1. The molecule has 0 saturated carbocycles.